The van der Waals surface area contributed by atoms with Crippen molar-refractivity contribution in [1.82, 2.24) is 19.1 Å². The van der Waals surface area contributed by atoms with Gasteiger partial charge < -0.3 is 9.13 Å². The van der Waals surface area contributed by atoms with Crippen LogP contribution in [0.25, 0.3) is 55.0 Å². The van der Waals surface area contributed by atoms with Crippen molar-refractivity contribution in [3.63, 3.8) is 0 Å². The van der Waals surface area contributed by atoms with Gasteiger partial charge in [0.15, 0.2) is 0 Å². The van der Waals surface area contributed by atoms with E-state index >= 15 is 0 Å². The molecule has 0 atom stereocenters. The minimum absolute atomic E-state index is 1.11. The molecule has 0 fully saturated rings. The van der Waals surface area contributed by atoms with Gasteiger partial charge >= 0.3 is 0 Å². The average Bonchev–Trinajstić information content (AvgIpc) is 3.37. The largest absolute Gasteiger partial charge is 0.308 e. The van der Waals surface area contributed by atoms with Gasteiger partial charge in [-0.15, -0.1) is 0 Å². The van der Waals surface area contributed by atoms with Crippen LogP contribution < -0.4 is 0 Å². The van der Waals surface area contributed by atoms with Crippen LogP contribution in [0.15, 0.2) is 110 Å². The Balaban J connectivity index is 1.55. The van der Waals surface area contributed by atoms with Gasteiger partial charge in [-0.25, -0.2) is 0 Å². The number of hydrogen-bond donors (Lipinski definition) is 0. The monoisotopic (exact) mass is 410 g/mol. The van der Waals surface area contributed by atoms with Crippen molar-refractivity contribution < 1.29 is 0 Å². The lowest BCUT2D eigenvalue weighted by molar-refractivity contribution is 1.12. The van der Waals surface area contributed by atoms with Crippen LogP contribution in [0.5, 0.6) is 0 Å². The molecule has 4 heteroatoms. The van der Waals surface area contributed by atoms with Gasteiger partial charge in [0.1, 0.15) is 0 Å². The number of para-hydroxylation sites is 2. The van der Waals surface area contributed by atoms with Crippen LogP contribution >= 0.6 is 0 Å². The molecule has 7 rings (SSSR count). The van der Waals surface area contributed by atoms with E-state index in [1.165, 1.54) is 32.6 Å². The van der Waals surface area contributed by atoms with Gasteiger partial charge in [0, 0.05) is 45.3 Å². The first kappa shape index (κ1) is 17.3. The first-order valence-electron chi connectivity index (χ1n) is 10.7. The van der Waals surface area contributed by atoms with E-state index in [2.05, 4.69) is 104 Å². The molecule has 3 aromatic carbocycles. The van der Waals surface area contributed by atoms with E-state index in [0.717, 1.165) is 22.4 Å². The lowest BCUT2D eigenvalue weighted by Crippen LogP contribution is -1.98. The van der Waals surface area contributed by atoms with Gasteiger partial charge in [-0.2, -0.15) is 0 Å². The van der Waals surface area contributed by atoms with E-state index in [-0.39, 0.29) is 0 Å². The molecule has 4 aromatic heterocycles. The third kappa shape index (κ3) is 2.32. The molecule has 0 saturated heterocycles. The maximum atomic E-state index is 4.41. The number of fused-ring (bicyclic) bond motifs is 6. The Bertz CT molecular complexity index is 1550. The summed E-state index contributed by atoms with van der Waals surface area (Å²) in [6, 6.07) is 29.9. The van der Waals surface area contributed by atoms with Crippen molar-refractivity contribution in [2.75, 3.05) is 0 Å². The molecule has 0 saturated carbocycles. The topological polar surface area (TPSA) is 35.6 Å². The molecule has 32 heavy (non-hydrogen) atoms. The minimum atomic E-state index is 1.11. The fourth-order valence-corrected chi connectivity index (χ4v) is 4.96. The summed E-state index contributed by atoms with van der Waals surface area (Å²) in [5.74, 6) is 0. The predicted molar refractivity (Wildman–Crippen MR) is 131 cm³/mol. The second kappa shape index (κ2) is 6.53. The molecule has 0 spiro atoms. The molecule has 0 N–H and O–H groups in total. The van der Waals surface area contributed by atoms with Crippen LogP contribution in [0.2, 0.25) is 0 Å². The van der Waals surface area contributed by atoms with Gasteiger partial charge in [0.2, 0.25) is 0 Å². The highest BCUT2D eigenvalue weighted by atomic mass is 15.0. The number of aromatic nitrogens is 4. The Labute approximate surface area is 184 Å². The van der Waals surface area contributed by atoms with Crippen LogP contribution in [0, 0.1) is 0 Å². The highest BCUT2D eigenvalue weighted by molar-refractivity contribution is 6.10. The fraction of sp³-hybridized carbons (Fsp3) is 0. The third-order valence-corrected chi connectivity index (χ3v) is 6.30. The quantitative estimate of drug-likeness (QED) is 0.319. The summed E-state index contributed by atoms with van der Waals surface area (Å²) in [5, 5.41) is 4.89. The maximum absolute atomic E-state index is 4.41. The zero-order chi connectivity index (χ0) is 21.1. The Hall–Kier alpha value is -4.44. The van der Waals surface area contributed by atoms with Crippen LogP contribution in [-0.4, -0.2) is 19.1 Å². The van der Waals surface area contributed by atoms with Crippen LogP contribution in [0.1, 0.15) is 0 Å². The number of benzene rings is 3. The summed E-state index contributed by atoms with van der Waals surface area (Å²) < 4.78 is 4.60. The molecule has 0 aliphatic carbocycles. The fourth-order valence-electron chi connectivity index (χ4n) is 4.96. The molecule has 0 amide bonds. The minimum Gasteiger partial charge on any atom is -0.308 e. The van der Waals surface area contributed by atoms with Crippen LogP contribution in [-0.2, 0) is 0 Å². The van der Waals surface area contributed by atoms with E-state index in [1.54, 1.807) is 0 Å². The maximum Gasteiger partial charge on any atom is 0.0724 e. The Morgan fingerprint density at radius 2 is 0.906 bits per heavy atom. The Morgan fingerprint density at radius 3 is 1.44 bits per heavy atom. The van der Waals surface area contributed by atoms with Crippen LogP contribution in [0.4, 0.5) is 0 Å². The highest BCUT2D eigenvalue weighted by Gasteiger charge is 2.15. The normalized spacial score (nSPS) is 11.8. The van der Waals surface area contributed by atoms with Crippen molar-refractivity contribution >= 4 is 43.6 Å². The number of nitrogens with zero attached hydrogens (tertiary/aromatic N) is 4. The van der Waals surface area contributed by atoms with Crippen molar-refractivity contribution in [3.8, 4) is 11.4 Å². The summed E-state index contributed by atoms with van der Waals surface area (Å²) in [5.41, 5.74) is 6.78. The molecule has 4 nitrogen and oxygen atoms in total. The summed E-state index contributed by atoms with van der Waals surface area (Å²) in [6.45, 7) is 0. The van der Waals surface area contributed by atoms with Gasteiger partial charge in [-0.1, -0.05) is 42.5 Å². The lowest BCUT2D eigenvalue weighted by Gasteiger charge is -2.12. The number of pyridine rings is 2. The highest BCUT2D eigenvalue weighted by Crippen LogP contribution is 2.34. The Morgan fingerprint density at radius 1 is 0.438 bits per heavy atom. The van der Waals surface area contributed by atoms with E-state index in [1.807, 2.05) is 24.8 Å². The molecule has 150 valence electrons. The molecule has 0 aliphatic rings. The van der Waals surface area contributed by atoms with E-state index in [0.29, 0.717) is 0 Å². The first-order valence-corrected chi connectivity index (χ1v) is 10.7. The number of hydrogen-bond acceptors (Lipinski definition) is 2. The second-order valence-electron chi connectivity index (χ2n) is 8.01. The molecule has 0 unspecified atom stereocenters. The predicted octanol–water partition coefficient (Wildman–Crippen LogP) is 6.67. The smallest absolute Gasteiger partial charge is 0.0724 e. The SMILES string of the molecule is c1cc(-n2c3ccccc3c3ccncc32)cc(-n2c3ccccc3c3ccncc32)c1. The van der Waals surface area contributed by atoms with Crippen molar-refractivity contribution in [2.45, 2.75) is 0 Å². The van der Waals surface area contributed by atoms with Crippen LogP contribution in [0.3, 0.4) is 0 Å². The van der Waals surface area contributed by atoms with Crippen molar-refractivity contribution in [2.24, 2.45) is 0 Å². The van der Waals surface area contributed by atoms with Gasteiger partial charge in [0.05, 0.1) is 34.5 Å². The molecular weight excluding hydrogens is 392 g/mol. The second-order valence-corrected chi connectivity index (χ2v) is 8.01. The molecule has 4 heterocycles. The average molecular weight is 410 g/mol. The summed E-state index contributed by atoms with van der Waals surface area (Å²) >= 11 is 0. The Kier molecular flexibility index (Phi) is 3.52. The van der Waals surface area contributed by atoms with Gasteiger partial charge in [-0.3, -0.25) is 9.97 Å². The zero-order valence-electron chi connectivity index (χ0n) is 17.2. The molecule has 7 aromatic rings. The standard InChI is InChI=1S/C28H18N4/c1-3-10-25-21(8-1)23-12-14-29-17-27(23)31(25)19-6-5-7-20(16-19)32-26-11-4-2-9-22(26)24-13-15-30-18-28(24)32/h1-18H. The lowest BCUT2D eigenvalue weighted by atomic mass is 10.2. The van der Waals surface area contributed by atoms with Crippen molar-refractivity contribution in [1.29, 1.82) is 0 Å². The third-order valence-electron chi connectivity index (χ3n) is 6.30. The summed E-state index contributed by atoms with van der Waals surface area (Å²) in [4.78, 5) is 8.83. The molecule has 0 bridgehead atoms. The first-order chi connectivity index (χ1) is 15.9. The summed E-state index contributed by atoms with van der Waals surface area (Å²) in [6.07, 6.45) is 7.63. The zero-order valence-corrected chi connectivity index (χ0v) is 17.2. The van der Waals surface area contributed by atoms with E-state index in [4.69, 9.17) is 0 Å². The number of rotatable bonds is 2. The summed E-state index contributed by atoms with van der Waals surface area (Å²) in [7, 11) is 0. The van der Waals surface area contributed by atoms with Gasteiger partial charge in [-0.05, 0) is 42.5 Å². The molecule has 0 aliphatic heterocycles. The molecular formula is C28H18N4. The van der Waals surface area contributed by atoms with E-state index < -0.39 is 0 Å². The van der Waals surface area contributed by atoms with Crippen molar-refractivity contribution in [3.05, 3.63) is 110 Å². The van der Waals surface area contributed by atoms with Gasteiger partial charge in [0.25, 0.3) is 0 Å². The molecule has 0 radical (unpaired) electrons. The van der Waals surface area contributed by atoms with E-state index in [9.17, 15) is 0 Å².